The summed E-state index contributed by atoms with van der Waals surface area (Å²) in [4.78, 5) is 25.2. The highest BCUT2D eigenvalue weighted by molar-refractivity contribution is 7.80. The highest BCUT2D eigenvalue weighted by Gasteiger charge is 2.46. The van der Waals surface area contributed by atoms with E-state index in [1.54, 1.807) is 0 Å². The van der Waals surface area contributed by atoms with Crippen LogP contribution in [0.25, 0.3) is 0 Å². The molecule has 222 valence electrons. The highest BCUT2D eigenvalue weighted by Crippen LogP contribution is 2.21. The molecular formula is C20H38N4O12S2. The van der Waals surface area contributed by atoms with E-state index in [9.17, 15) is 40.2 Å². The maximum absolute atomic E-state index is 12.6. The zero-order valence-electron chi connectivity index (χ0n) is 20.3. The minimum Gasteiger partial charge on any atom is -0.394 e. The molecule has 2 aliphatic rings. The number of ether oxygens (including phenoxy) is 2. The lowest BCUT2D eigenvalue weighted by molar-refractivity contribution is -0.254. The smallest absolute Gasteiger partial charge is 0.238 e. The molecule has 16 nitrogen and oxygen atoms in total. The second kappa shape index (κ2) is 15.8. The van der Waals surface area contributed by atoms with Crippen LogP contribution in [-0.2, 0) is 19.1 Å². The summed E-state index contributed by atoms with van der Waals surface area (Å²) in [5.41, 5.74) is 0. The van der Waals surface area contributed by atoms with Crippen LogP contribution in [-0.4, -0.2) is 164 Å². The second-order valence-electron chi connectivity index (χ2n) is 8.91. The van der Waals surface area contributed by atoms with Crippen LogP contribution < -0.4 is 21.3 Å². The number of aliphatic hydroxyl groups excluding tert-OH is 8. The number of hydrogen-bond acceptors (Lipinski definition) is 16. The molecule has 0 radical (unpaired) electrons. The molecule has 2 aliphatic heterocycles. The molecule has 12 N–H and O–H groups in total. The molecule has 0 aromatic carbocycles. The lowest BCUT2D eigenvalue weighted by Crippen LogP contribution is -2.66. The number of carbonyl (C=O) groups is 2. The van der Waals surface area contributed by atoms with Gasteiger partial charge in [0.05, 0.1) is 25.3 Å². The van der Waals surface area contributed by atoms with E-state index in [0.29, 0.717) is 0 Å². The van der Waals surface area contributed by atoms with Gasteiger partial charge >= 0.3 is 0 Å². The minimum absolute atomic E-state index is 0.0124. The third kappa shape index (κ3) is 8.33. The summed E-state index contributed by atoms with van der Waals surface area (Å²) in [5, 5.41) is 89.2. The van der Waals surface area contributed by atoms with Gasteiger partial charge in [0.15, 0.2) is 12.6 Å². The van der Waals surface area contributed by atoms with E-state index >= 15 is 0 Å². The lowest BCUT2D eigenvalue weighted by Gasteiger charge is -2.40. The third-order valence-corrected chi connectivity index (χ3v) is 7.05. The molecule has 0 aliphatic carbocycles. The number of carbonyl (C=O) groups excluding carboxylic acids is 2. The van der Waals surface area contributed by atoms with Crippen molar-refractivity contribution in [3.05, 3.63) is 0 Å². The summed E-state index contributed by atoms with van der Waals surface area (Å²) in [6.45, 7) is -0.994. The van der Waals surface area contributed by atoms with Gasteiger partial charge in [-0.1, -0.05) is 0 Å². The van der Waals surface area contributed by atoms with E-state index < -0.39 is 98.4 Å². The summed E-state index contributed by atoms with van der Waals surface area (Å²) < 4.78 is 10.0. The first-order valence-electron chi connectivity index (χ1n) is 11.9. The van der Waals surface area contributed by atoms with Crippen molar-refractivity contribution < 1.29 is 59.9 Å². The first-order chi connectivity index (χ1) is 18.0. The summed E-state index contributed by atoms with van der Waals surface area (Å²) in [6, 6.07) is -4.52. The first kappa shape index (κ1) is 33.4. The number of thiol groups is 2. The topological polar surface area (TPSA) is 263 Å². The molecule has 2 fully saturated rings. The lowest BCUT2D eigenvalue weighted by atomic mass is 9.97. The van der Waals surface area contributed by atoms with Gasteiger partial charge in [-0.2, -0.15) is 25.3 Å². The fourth-order valence-corrected chi connectivity index (χ4v) is 4.60. The van der Waals surface area contributed by atoms with Crippen molar-refractivity contribution in [2.75, 3.05) is 37.8 Å². The SMILES string of the molecule is O=C(NC1C(O)O[C@H](CO)[C@@H](O)[C@@H]1O)C(CS)NCCN[C@@H](CS)C(=O)NC1C(O)O[C@H](CO)[C@@H](O)[C@@H]1O. The molecule has 0 aromatic rings. The van der Waals surface area contributed by atoms with Gasteiger partial charge in [-0.3, -0.25) is 9.59 Å². The fraction of sp³-hybridized carbons (Fsp3) is 0.900. The number of nitrogens with one attached hydrogen (secondary N) is 4. The Bertz CT molecular complexity index is 701. The Labute approximate surface area is 229 Å². The van der Waals surface area contributed by atoms with Gasteiger partial charge in [0.2, 0.25) is 11.8 Å². The Morgan fingerprint density at radius 3 is 1.29 bits per heavy atom. The van der Waals surface area contributed by atoms with Crippen molar-refractivity contribution >= 4 is 37.1 Å². The molecular weight excluding hydrogens is 552 g/mol. The van der Waals surface area contributed by atoms with Crippen LogP contribution in [0.5, 0.6) is 0 Å². The van der Waals surface area contributed by atoms with Crippen LogP contribution in [0, 0.1) is 0 Å². The summed E-state index contributed by atoms with van der Waals surface area (Å²) >= 11 is 8.23. The fourth-order valence-electron chi connectivity index (χ4n) is 4.01. The Morgan fingerprint density at radius 1 is 0.658 bits per heavy atom. The first-order valence-corrected chi connectivity index (χ1v) is 13.2. The number of rotatable bonds is 13. The van der Waals surface area contributed by atoms with Gasteiger partial charge in [-0.25, -0.2) is 0 Å². The van der Waals surface area contributed by atoms with E-state index in [-0.39, 0.29) is 24.6 Å². The predicted octanol–water partition coefficient (Wildman–Crippen LogP) is -7.41. The summed E-state index contributed by atoms with van der Waals surface area (Å²) in [6.07, 6.45) is -12.0. The van der Waals surface area contributed by atoms with Gasteiger partial charge in [0.25, 0.3) is 0 Å². The predicted molar refractivity (Wildman–Crippen MR) is 135 cm³/mol. The van der Waals surface area contributed by atoms with Crippen molar-refractivity contribution in [1.29, 1.82) is 0 Å². The molecule has 2 saturated heterocycles. The quantitative estimate of drug-likeness (QED) is 0.0702. The number of aliphatic hydroxyl groups is 8. The van der Waals surface area contributed by atoms with Crippen molar-refractivity contribution in [3.8, 4) is 0 Å². The largest absolute Gasteiger partial charge is 0.394 e. The van der Waals surface area contributed by atoms with E-state index in [1.165, 1.54) is 0 Å². The number of amides is 2. The second-order valence-corrected chi connectivity index (χ2v) is 9.64. The van der Waals surface area contributed by atoms with Crippen LogP contribution in [0.15, 0.2) is 0 Å². The molecule has 38 heavy (non-hydrogen) atoms. The average molecular weight is 591 g/mol. The van der Waals surface area contributed by atoms with E-state index in [1.807, 2.05) is 0 Å². The van der Waals surface area contributed by atoms with E-state index in [4.69, 9.17) is 19.7 Å². The Balaban J connectivity index is 1.82. The monoisotopic (exact) mass is 590 g/mol. The number of hydrogen-bond donors (Lipinski definition) is 14. The molecule has 5 unspecified atom stereocenters. The Morgan fingerprint density at radius 2 is 1.00 bits per heavy atom. The Hall–Kier alpha value is -0.840. The maximum Gasteiger partial charge on any atom is 0.238 e. The van der Waals surface area contributed by atoms with Gasteiger partial charge in [-0.15, -0.1) is 0 Å². The molecule has 18 heteroatoms. The molecule has 0 saturated carbocycles. The zero-order chi connectivity index (χ0) is 28.6. The van der Waals surface area contributed by atoms with Crippen LogP contribution in [0.3, 0.4) is 0 Å². The van der Waals surface area contributed by atoms with Gasteiger partial charge in [0, 0.05) is 24.6 Å². The molecule has 12 atom stereocenters. The van der Waals surface area contributed by atoms with Crippen molar-refractivity contribution in [2.45, 2.75) is 73.4 Å². The molecule has 0 aromatic heterocycles. The maximum atomic E-state index is 12.6. The van der Waals surface area contributed by atoms with Crippen LogP contribution >= 0.6 is 25.3 Å². The third-order valence-electron chi connectivity index (χ3n) is 6.32. The van der Waals surface area contributed by atoms with Crippen molar-refractivity contribution in [2.24, 2.45) is 0 Å². The van der Waals surface area contributed by atoms with Gasteiger partial charge in [0.1, 0.15) is 48.7 Å². The Kier molecular flexibility index (Phi) is 13.9. The van der Waals surface area contributed by atoms with Crippen LogP contribution in [0.1, 0.15) is 0 Å². The van der Waals surface area contributed by atoms with E-state index in [2.05, 4.69) is 46.5 Å². The molecule has 2 rings (SSSR count). The van der Waals surface area contributed by atoms with E-state index in [0.717, 1.165) is 0 Å². The molecule has 0 spiro atoms. The zero-order valence-corrected chi connectivity index (χ0v) is 22.1. The van der Waals surface area contributed by atoms with Crippen molar-refractivity contribution in [3.63, 3.8) is 0 Å². The molecule has 2 heterocycles. The normalized spacial score (nSPS) is 37.3. The summed E-state index contributed by atoms with van der Waals surface area (Å²) in [7, 11) is 0. The highest BCUT2D eigenvalue weighted by atomic mass is 32.1. The van der Waals surface area contributed by atoms with Gasteiger partial charge < -0.3 is 71.6 Å². The van der Waals surface area contributed by atoms with Gasteiger partial charge in [-0.05, 0) is 0 Å². The summed E-state index contributed by atoms with van der Waals surface area (Å²) in [5.74, 6) is -1.30. The molecule has 0 bridgehead atoms. The average Bonchev–Trinajstić information content (AvgIpc) is 2.90. The van der Waals surface area contributed by atoms with Crippen LogP contribution in [0.2, 0.25) is 0 Å². The van der Waals surface area contributed by atoms with Crippen LogP contribution in [0.4, 0.5) is 0 Å². The molecule has 2 amide bonds. The minimum atomic E-state index is -1.67. The van der Waals surface area contributed by atoms with Crippen molar-refractivity contribution in [1.82, 2.24) is 21.3 Å². The standard InChI is InChI=1S/C20H38N4O12S2/c25-3-9-13(27)15(29)11(19(33)35-9)23-17(31)7(5-37)21-1-2-22-8(6-38)18(32)24-12-16(30)14(28)10(4-26)36-20(12)34/h7-16,19-22,25-30,33-34,37-38H,1-6H2,(H,23,31)(H,24,32)/t7-,8?,9+,10+,11?,12?,13+,14+,15+,16+,19?,20?/m0/s1.